The van der Waals surface area contributed by atoms with Gasteiger partial charge in [-0.2, -0.15) is 9.44 Å². The number of rotatable bonds is 1. The Morgan fingerprint density at radius 2 is 2.06 bits per heavy atom. The molecule has 1 aromatic carbocycles. The van der Waals surface area contributed by atoms with Crippen LogP contribution in [0.3, 0.4) is 0 Å². The Bertz CT molecular complexity index is 532. The summed E-state index contributed by atoms with van der Waals surface area (Å²) in [5.41, 5.74) is 1.08. The van der Waals surface area contributed by atoms with Crippen LogP contribution >= 0.6 is 11.5 Å². The van der Waals surface area contributed by atoms with Crippen molar-refractivity contribution in [2.24, 2.45) is 0 Å². The maximum Gasteiger partial charge on any atom is 0.134 e. The molecule has 0 radical (unpaired) electrons. The van der Waals surface area contributed by atoms with Crippen molar-refractivity contribution >= 4 is 21.6 Å². The minimum absolute atomic E-state index is 0.311. The summed E-state index contributed by atoms with van der Waals surface area (Å²) in [6.07, 6.45) is 1.84. The van der Waals surface area contributed by atoms with Crippen molar-refractivity contribution in [3.05, 3.63) is 23.9 Å². The lowest BCUT2D eigenvalue weighted by Gasteiger charge is -2.26. The van der Waals surface area contributed by atoms with E-state index in [1.54, 1.807) is 6.07 Å². The quantitative estimate of drug-likeness (QED) is 0.816. The van der Waals surface area contributed by atoms with Crippen LogP contribution in [0.15, 0.2) is 18.2 Å². The van der Waals surface area contributed by atoms with Gasteiger partial charge in [0.15, 0.2) is 0 Å². The molecule has 0 amide bonds. The zero-order chi connectivity index (χ0) is 11.8. The van der Waals surface area contributed by atoms with Crippen molar-refractivity contribution in [2.75, 3.05) is 13.1 Å². The minimum atomic E-state index is 0.311. The first kappa shape index (κ1) is 11.0. The lowest BCUT2D eigenvalue weighted by molar-refractivity contribution is -0.106. The van der Waals surface area contributed by atoms with Crippen LogP contribution in [0.1, 0.15) is 24.5 Å². The van der Waals surface area contributed by atoms with Crippen molar-refractivity contribution in [3.63, 3.8) is 0 Å². The van der Waals surface area contributed by atoms with Crippen LogP contribution in [0.4, 0.5) is 0 Å². The molecule has 0 aliphatic carbocycles. The summed E-state index contributed by atoms with van der Waals surface area (Å²) in [6.45, 7) is 1.39. The Labute approximate surface area is 103 Å². The van der Waals surface area contributed by atoms with E-state index in [2.05, 4.69) is 4.37 Å². The van der Waals surface area contributed by atoms with Gasteiger partial charge in [-0.15, -0.1) is 0 Å². The van der Waals surface area contributed by atoms with Gasteiger partial charge in [0.1, 0.15) is 5.75 Å². The molecule has 1 aromatic heterocycles. The number of hydrogen-bond donors (Lipinski definition) is 2. The Morgan fingerprint density at radius 3 is 2.82 bits per heavy atom. The second kappa shape index (κ2) is 4.25. The molecule has 1 aliphatic heterocycles. The fourth-order valence-electron chi connectivity index (χ4n) is 2.40. The first-order valence-electron chi connectivity index (χ1n) is 5.77. The van der Waals surface area contributed by atoms with Crippen LogP contribution in [0.2, 0.25) is 0 Å². The molecule has 1 saturated heterocycles. The van der Waals surface area contributed by atoms with E-state index in [9.17, 15) is 10.3 Å². The largest absolute Gasteiger partial charge is 0.506 e. The Kier molecular flexibility index (Phi) is 2.74. The molecular formula is C12H14N2O2S. The lowest BCUT2D eigenvalue weighted by atomic mass is 9.92. The lowest BCUT2D eigenvalue weighted by Crippen LogP contribution is -2.29. The molecule has 0 spiro atoms. The fourth-order valence-corrected chi connectivity index (χ4v) is 3.27. The number of hydrogen-bond acceptors (Lipinski definition) is 5. The van der Waals surface area contributed by atoms with Crippen LogP contribution in [0.5, 0.6) is 5.75 Å². The zero-order valence-electron chi connectivity index (χ0n) is 9.33. The number of fused-ring (bicyclic) bond motifs is 1. The molecule has 1 fully saturated rings. The third-order valence-electron chi connectivity index (χ3n) is 3.36. The second-order valence-electron chi connectivity index (χ2n) is 4.45. The molecule has 5 heteroatoms. The molecule has 2 N–H and O–H groups in total. The first-order chi connectivity index (χ1) is 8.25. The highest BCUT2D eigenvalue weighted by molar-refractivity contribution is 7.13. The SMILES string of the molecule is Oc1cccc2c(C3CCN(O)CC3)nsc12. The van der Waals surface area contributed by atoms with E-state index in [4.69, 9.17) is 0 Å². The van der Waals surface area contributed by atoms with Crippen molar-refractivity contribution in [3.8, 4) is 5.75 Å². The molecule has 3 rings (SSSR count). The molecule has 0 bridgehead atoms. The van der Waals surface area contributed by atoms with Crippen LogP contribution < -0.4 is 0 Å². The number of aromatic hydroxyl groups is 1. The summed E-state index contributed by atoms with van der Waals surface area (Å²) in [4.78, 5) is 0. The van der Waals surface area contributed by atoms with Gasteiger partial charge in [0.25, 0.3) is 0 Å². The summed E-state index contributed by atoms with van der Waals surface area (Å²) in [5, 5.41) is 21.5. The van der Waals surface area contributed by atoms with Gasteiger partial charge in [-0.3, -0.25) is 0 Å². The third kappa shape index (κ3) is 1.90. The van der Waals surface area contributed by atoms with Gasteiger partial charge < -0.3 is 10.3 Å². The van der Waals surface area contributed by atoms with Gasteiger partial charge in [-0.1, -0.05) is 12.1 Å². The van der Waals surface area contributed by atoms with Crippen molar-refractivity contribution in [1.82, 2.24) is 9.44 Å². The van der Waals surface area contributed by atoms with E-state index in [1.807, 2.05) is 12.1 Å². The standard InChI is InChI=1S/C12H14N2O2S/c15-10-3-1-2-9-11(13-17-12(9)10)8-4-6-14(16)7-5-8/h1-3,8,15-16H,4-7H2. The number of phenols is 1. The minimum Gasteiger partial charge on any atom is -0.506 e. The number of aromatic nitrogens is 1. The van der Waals surface area contributed by atoms with Crippen molar-refractivity contribution in [2.45, 2.75) is 18.8 Å². The summed E-state index contributed by atoms with van der Waals surface area (Å²) >= 11 is 1.36. The predicted molar refractivity (Wildman–Crippen MR) is 66.6 cm³/mol. The van der Waals surface area contributed by atoms with Gasteiger partial charge >= 0.3 is 0 Å². The average Bonchev–Trinajstić information content (AvgIpc) is 2.75. The van der Waals surface area contributed by atoms with Gasteiger partial charge in [-0.25, -0.2) is 0 Å². The number of nitrogens with zero attached hydrogens (tertiary/aromatic N) is 2. The van der Waals surface area contributed by atoms with Gasteiger partial charge in [-0.05, 0) is 30.4 Å². The second-order valence-corrected chi connectivity index (χ2v) is 5.22. The number of phenolic OH excluding ortho intramolecular Hbond substituents is 1. The van der Waals surface area contributed by atoms with Crippen LogP contribution in [0, 0.1) is 0 Å². The highest BCUT2D eigenvalue weighted by Gasteiger charge is 2.23. The van der Waals surface area contributed by atoms with E-state index < -0.39 is 0 Å². The van der Waals surface area contributed by atoms with E-state index in [-0.39, 0.29) is 0 Å². The number of benzene rings is 1. The van der Waals surface area contributed by atoms with Gasteiger partial charge in [0, 0.05) is 24.4 Å². The van der Waals surface area contributed by atoms with E-state index in [0.717, 1.165) is 28.6 Å². The van der Waals surface area contributed by atoms with Crippen molar-refractivity contribution < 1.29 is 10.3 Å². The summed E-state index contributed by atoms with van der Waals surface area (Å²) < 4.78 is 5.36. The van der Waals surface area contributed by atoms with Crippen LogP contribution in [0.25, 0.3) is 10.1 Å². The molecule has 17 heavy (non-hydrogen) atoms. The Balaban J connectivity index is 1.98. The maximum atomic E-state index is 9.75. The zero-order valence-corrected chi connectivity index (χ0v) is 10.2. The number of piperidine rings is 1. The smallest absolute Gasteiger partial charge is 0.134 e. The molecule has 0 saturated carbocycles. The Hall–Kier alpha value is -1.17. The summed E-state index contributed by atoms with van der Waals surface area (Å²) in [6, 6.07) is 5.57. The molecule has 2 heterocycles. The third-order valence-corrected chi connectivity index (χ3v) is 4.26. The summed E-state index contributed by atoms with van der Waals surface area (Å²) in [7, 11) is 0. The normalized spacial score (nSPS) is 18.9. The molecular weight excluding hydrogens is 236 g/mol. The molecule has 2 aromatic rings. The topological polar surface area (TPSA) is 56.6 Å². The molecule has 1 aliphatic rings. The van der Waals surface area contributed by atoms with Gasteiger partial charge in [0.2, 0.25) is 0 Å². The maximum absolute atomic E-state index is 9.75. The number of hydroxylamine groups is 2. The molecule has 0 atom stereocenters. The molecule has 90 valence electrons. The van der Waals surface area contributed by atoms with Gasteiger partial charge in [0.05, 0.1) is 10.4 Å². The fraction of sp³-hybridized carbons (Fsp3) is 0.417. The van der Waals surface area contributed by atoms with E-state index in [0.29, 0.717) is 24.8 Å². The van der Waals surface area contributed by atoms with E-state index >= 15 is 0 Å². The van der Waals surface area contributed by atoms with Crippen LogP contribution in [-0.2, 0) is 0 Å². The first-order valence-corrected chi connectivity index (χ1v) is 6.54. The van der Waals surface area contributed by atoms with E-state index in [1.165, 1.54) is 16.6 Å². The predicted octanol–water partition coefficient (Wildman–Crippen LogP) is 2.57. The highest BCUT2D eigenvalue weighted by atomic mass is 32.1. The summed E-state index contributed by atoms with van der Waals surface area (Å²) in [5.74, 6) is 0.708. The van der Waals surface area contributed by atoms with Crippen molar-refractivity contribution in [1.29, 1.82) is 0 Å². The highest BCUT2D eigenvalue weighted by Crippen LogP contribution is 2.37. The Morgan fingerprint density at radius 1 is 1.29 bits per heavy atom. The van der Waals surface area contributed by atoms with Crippen LogP contribution in [-0.4, -0.2) is 32.8 Å². The molecule has 4 nitrogen and oxygen atoms in total. The average molecular weight is 250 g/mol. The monoisotopic (exact) mass is 250 g/mol. The molecule has 0 unspecified atom stereocenters.